The topological polar surface area (TPSA) is 111 Å². The van der Waals surface area contributed by atoms with E-state index in [-0.39, 0.29) is 16.8 Å². The number of nitrogens with one attached hydrogen (secondary N) is 1. The zero-order valence-corrected chi connectivity index (χ0v) is 15.9. The van der Waals surface area contributed by atoms with E-state index in [1.165, 1.54) is 35.2 Å². The average Bonchev–Trinajstić information content (AvgIpc) is 3.10. The minimum atomic E-state index is -0.451. The normalized spacial score (nSPS) is 11.7. The van der Waals surface area contributed by atoms with Gasteiger partial charge in [-0.1, -0.05) is 18.2 Å². The number of nitrogens with zero attached hydrogens (tertiary/aromatic N) is 2. The molecule has 0 saturated heterocycles. The van der Waals surface area contributed by atoms with Gasteiger partial charge in [-0.05, 0) is 25.1 Å². The number of benzene rings is 2. The monoisotopic (exact) mass is 400 g/mol. The van der Waals surface area contributed by atoms with Gasteiger partial charge in [-0.2, -0.15) is 0 Å². The predicted octanol–water partition coefficient (Wildman–Crippen LogP) is 4.42. The first-order chi connectivity index (χ1) is 12.9. The summed E-state index contributed by atoms with van der Waals surface area (Å²) in [6, 6.07) is 13.6. The Kier molecular flexibility index (Phi) is 5.72. The zero-order valence-electron chi connectivity index (χ0n) is 14.3. The molecule has 1 unspecified atom stereocenters. The standard InChI is InChI=1S/C18H16N4O3S2/c1-11(27-15-7-3-5-13(19)9-15)17(23)21-18-20-16(10-26-18)12-4-2-6-14(8-12)22(24)25/h2-11H,19H2,1H3,(H,20,21,23). The van der Waals surface area contributed by atoms with Crippen LogP contribution in [0.15, 0.2) is 58.8 Å². The molecule has 7 nitrogen and oxygen atoms in total. The Hall–Kier alpha value is -2.91. The van der Waals surface area contributed by atoms with E-state index in [0.29, 0.717) is 22.1 Å². The van der Waals surface area contributed by atoms with E-state index in [4.69, 9.17) is 5.73 Å². The summed E-state index contributed by atoms with van der Waals surface area (Å²) in [5.41, 5.74) is 7.61. The van der Waals surface area contributed by atoms with Crippen LogP contribution in [-0.4, -0.2) is 21.1 Å². The Morgan fingerprint density at radius 3 is 2.81 bits per heavy atom. The van der Waals surface area contributed by atoms with Crippen molar-refractivity contribution < 1.29 is 9.72 Å². The van der Waals surface area contributed by atoms with Gasteiger partial charge in [0, 0.05) is 33.7 Å². The van der Waals surface area contributed by atoms with Gasteiger partial charge in [0.1, 0.15) is 0 Å². The van der Waals surface area contributed by atoms with Gasteiger partial charge in [-0.15, -0.1) is 23.1 Å². The smallest absolute Gasteiger partial charge is 0.270 e. The van der Waals surface area contributed by atoms with Crippen LogP contribution in [0.2, 0.25) is 0 Å². The molecule has 0 saturated carbocycles. The molecular weight excluding hydrogens is 384 g/mol. The molecule has 1 aromatic heterocycles. The van der Waals surface area contributed by atoms with Crippen molar-refractivity contribution in [2.24, 2.45) is 0 Å². The number of anilines is 2. The lowest BCUT2D eigenvalue weighted by molar-refractivity contribution is -0.384. The summed E-state index contributed by atoms with van der Waals surface area (Å²) in [7, 11) is 0. The molecule has 3 N–H and O–H groups in total. The molecule has 0 radical (unpaired) electrons. The number of non-ortho nitro benzene ring substituents is 1. The number of carbonyl (C=O) groups is 1. The lowest BCUT2D eigenvalue weighted by atomic mass is 10.1. The Bertz CT molecular complexity index is 990. The summed E-state index contributed by atoms with van der Waals surface area (Å²) < 4.78 is 0. The second-order valence-corrected chi connectivity index (χ2v) is 7.94. The molecule has 3 aromatic rings. The number of rotatable bonds is 6. The molecule has 2 aromatic carbocycles. The molecular formula is C18H16N4O3S2. The van der Waals surface area contributed by atoms with E-state index in [0.717, 1.165) is 4.90 Å². The predicted molar refractivity (Wildman–Crippen MR) is 109 cm³/mol. The fraction of sp³-hybridized carbons (Fsp3) is 0.111. The Balaban J connectivity index is 1.67. The maximum Gasteiger partial charge on any atom is 0.270 e. The number of thiazole rings is 1. The zero-order chi connectivity index (χ0) is 19.4. The molecule has 1 amide bonds. The molecule has 0 spiro atoms. The van der Waals surface area contributed by atoms with Crippen molar-refractivity contribution in [3.8, 4) is 11.3 Å². The number of hydrogen-bond acceptors (Lipinski definition) is 7. The van der Waals surface area contributed by atoms with Gasteiger partial charge in [0.15, 0.2) is 5.13 Å². The van der Waals surface area contributed by atoms with Gasteiger partial charge >= 0.3 is 0 Å². The largest absolute Gasteiger partial charge is 0.399 e. The molecule has 0 bridgehead atoms. The number of carbonyl (C=O) groups excluding carboxylic acids is 1. The molecule has 9 heteroatoms. The fourth-order valence-corrected chi connectivity index (χ4v) is 3.95. The second kappa shape index (κ2) is 8.19. The maximum atomic E-state index is 12.4. The quantitative estimate of drug-likeness (QED) is 0.274. The van der Waals surface area contributed by atoms with E-state index in [2.05, 4.69) is 10.3 Å². The van der Waals surface area contributed by atoms with Crippen LogP contribution in [0.25, 0.3) is 11.3 Å². The number of thioether (sulfide) groups is 1. The van der Waals surface area contributed by atoms with Crippen molar-refractivity contribution in [1.82, 2.24) is 4.98 Å². The summed E-state index contributed by atoms with van der Waals surface area (Å²) in [6.45, 7) is 1.80. The van der Waals surface area contributed by atoms with Crippen molar-refractivity contribution in [2.45, 2.75) is 17.1 Å². The summed E-state index contributed by atoms with van der Waals surface area (Å²) in [4.78, 5) is 28.1. The van der Waals surface area contributed by atoms with E-state index >= 15 is 0 Å². The van der Waals surface area contributed by atoms with Crippen molar-refractivity contribution in [3.05, 3.63) is 64.0 Å². The van der Waals surface area contributed by atoms with Crippen molar-refractivity contribution in [3.63, 3.8) is 0 Å². The van der Waals surface area contributed by atoms with Crippen molar-refractivity contribution >= 4 is 45.5 Å². The van der Waals surface area contributed by atoms with Crippen LogP contribution in [0.1, 0.15) is 6.92 Å². The van der Waals surface area contributed by atoms with Crippen LogP contribution in [0.5, 0.6) is 0 Å². The first-order valence-corrected chi connectivity index (χ1v) is 9.72. The minimum Gasteiger partial charge on any atom is -0.399 e. The third kappa shape index (κ3) is 4.83. The first-order valence-electron chi connectivity index (χ1n) is 7.96. The average molecular weight is 400 g/mol. The number of amides is 1. The molecule has 138 valence electrons. The summed E-state index contributed by atoms with van der Waals surface area (Å²) in [5, 5.41) is 15.6. The number of nitro benzene ring substituents is 1. The van der Waals surface area contributed by atoms with Crippen LogP contribution < -0.4 is 11.1 Å². The summed E-state index contributed by atoms with van der Waals surface area (Å²) in [5.74, 6) is -0.178. The molecule has 0 aliphatic rings. The van der Waals surface area contributed by atoms with E-state index in [9.17, 15) is 14.9 Å². The molecule has 0 fully saturated rings. The van der Waals surface area contributed by atoms with Gasteiger partial charge < -0.3 is 11.1 Å². The highest BCUT2D eigenvalue weighted by molar-refractivity contribution is 8.00. The molecule has 0 aliphatic carbocycles. The Morgan fingerprint density at radius 1 is 1.30 bits per heavy atom. The fourth-order valence-electron chi connectivity index (χ4n) is 2.30. The minimum absolute atomic E-state index is 0.00163. The number of hydrogen-bond donors (Lipinski definition) is 2. The molecule has 3 rings (SSSR count). The van der Waals surface area contributed by atoms with Crippen LogP contribution in [0.3, 0.4) is 0 Å². The highest BCUT2D eigenvalue weighted by atomic mass is 32.2. The van der Waals surface area contributed by atoms with Crippen LogP contribution in [-0.2, 0) is 4.79 Å². The maximum absolute atomic E-state index is 12.4. The van der Waals surface area contributed by atoms with Crippen LogP contribution >= 0.6 is 23.1 Å². The highest BCUT2D eigenvalue weighted by Crippen LogP contribution is 2.29. The second-order valence-electron chi connectivity index (χ2n) is 5.67. The molecule has 0 aliphatic heterocycles. The third-order valence-corrected chi connectivity index (χ3v) is 5.48. The third-order valence-electron chi connectivity index (χ3n) is 3.63. The number of nitrogens with two attached hydrogens (primary N) is 1. The van der Waals surface area contributed by atoms with Gasteiger partial charge in [-0.25, -0.2) is 4.98 Å². The number of nitrogen functional groups attached to an aromatic ring is 1. The Morgan fingerprint density at radius 2 is 2.07 bits per heavy atom. The molecule has 1 heterocycles. The van der Waals surface area contributed by atoms with Crippen LogP contribution in [0.4, 0.5) is 16.5 Å². The van der Waals surface area contributed by atoms with Gasteiger partial charge in [0.05, 0.1) is 15.9 Å². The summed E-state index contributed by atoms with van der Waals surface area (Å²) >= 11 is 2.67. The lowest BCUT2D eigenvalue weighted by Gasteiger charge is -2.10. The van der Waals surface area contributed by atoms with E-state index in [1.54, 1.807) is 30.5 Å². The van der Waals surface area contributed by atoms with Crippen molar-refractivity contribution in [2.75, 3.05) is 11.1 Å². The SMILES string of the molecule is CC(Sc1cccc(N)c1)C(=O)Nc1nc(-c2cccc([N+](=O)[O-])c2)cs1. The first kappa shape index (κ1) is 18.9. The molecule has 27 heavy (non-hydrogen) atoms. The van der Waals surface area contributed by atoms with E-state index in [1.807, 2.05) is 18.2 Å². The number of nitro groups is 1. The van der Waals surface area contributed by atoms with E-state index < -0.39 is 4.92 Å². The van der Waals surface area contributed by atoms with Gasteiger partial charge in [0.25, 0.3) is 5.69 Å². The number of aromatic nitrogens is 1. The van der Waals surface area contributed by atoms with Gasteiger partial charge in [0.2, 0.25) is 5.91 Å². The highest BCUT2D eigenvalue weighted by Gasteiger charge is 2.17. The van der Waals surface area contributed by atoms with Gasteiger partial charge in [-0.3, -0.25) is 14.9 Å². The molecule has 1 atom stereocenters. The van der Waals surface area contributed by atoms with Crippen molar-refractivity contribution in [1.29, 1.82) is 0 Å². The summed E-state index contributed by atoms with van der Waals surface area (Å²) in [6.07, 6.45) is 0. The lowest BCUT2D eigenvalue weighted by Crippen LogP contribution is -2.22. The Labute approximate surface area is 163 Å². The van der Waals surface area contributed by atoms with Crippen LogP contribution in [0, 0.1) is 10.1 Å².